The summed E-state index contributed by atoms with van der Waals surface area (Å²) in [6.45, 7) is 5.57. The zero-order chi connectivity index (χ0) is 12.4. The summed E-state index contributed by atoms with van der Waals surface area (Å²) in [6, 6.07) is 2.29. The Morgan fingerprint density at radius 3 is 2.94 bits per heavy atom. The Labute approximate surface area is 102 Å². The number of likely N-dealkylation sites (tertiary alicyclic amines) is 1. The molecule has 2 heterocycles. The lowest BCUT2D eigenvalue weighted by Gasteiger charge is -2.17. The molecule has 2 rings (SSSR count). The van der Waals surface area contributed by atoms with Crippen LogP contribution in [0, 0.1) is 0 Å². The van der Waals surface area contributed by atoms with Crippen LogP contribution in [0.1, 0.15) is 26.0 Å². The molecule has 5 heteroatoms. The second kappa shape index (κ2) is 4.87. The molecule has 0 aliphatic carbocycles. The van der Waals surface area contributed by atoms with Crippen molar-refractivity contribution in [1.82, 2.24) is 20.0 Å². The lowest BCUT2D eigenvalue weighted by atomic mass is 10.2. The van der Waals surface area contributed by atoms with Crippen LogP contribution in [0.15, 0.2) is 12.3 Å². The highest BCUT2D eigenvalue weighted by Crippen LogP contribution is 2.14. The van der Waals surface area contributed by atoms with Crippen molar-refractivity contribution in [2.24, 2.45) is 7.05 Å². The Hall–Kier alpha value is -1.36. The molecule has 1 aliphatic heterocycles. The first-order valence-corrected chi connectivity index (χ1v) is 6.09. The van der Waals surface area contributed by atoms with E-state index >= 15 is 0 Å². The van der Waals surface area contributed by atoms with Gasteiger partial charge in [0.05, 0.1) is 18.3 Å². The second-order valence-electron chi connectivity index (χ2n) is 4.90. The summed E-state index contributed by atoms with van der Waals surface area (Å²) in [7, 11) is 1.89. The summed E-state index contributed by atoms with van der Waals surface area (Å²) in [4.78, 5) is 14.0. The molecule has 1 N–H and O–H groups in total. The Balaban J connectivity index is 1.93. The van der Waals surface area contributed by atoms with E-state index in [1.807, 2.05) is 24.2 Å². The molecule has 1 unspecified atom stereocenters. The van der Waals surface area contributed by atoms with E-state index in [0.29, 0.717) is 12.6 Å². The van der Waals surface area contributed by atoms with Crippen molar-refractivity contribution in [2.45, 2.75) is 38.9 Å². The van der Waals surface area contributed by atoms with E-state index < -0.39 is 0 Å². The van der Waals surface area contributed by atoms with Gasteiger partial charge in [-0.2, -0.15) is 5.10 Å². The number of hydrogen-bond acceptors (Lipinski definition) is 3. The van der Waals surface area contributed by atoms with E-state index in [1.54, 1.807) is 4.68 Å². The maximum atomic E-state index is 12.1. The van der Waals surface area contributed by atoms with Crippen LogP contribution in [0.2, 0.25) is 0 Å². The minimum atomic E-state index is -0.0151. The molecule has 0 aromatic carbocycles. The van der Waals surface area contributed by atoms with Crippen molar-refractivity contribution >= 4 is 5.91 Å². The molecule has 94 valence electrons. The maximum Gasteiger partial charge on any atom is 0.240 e. The van der Waals surface area contributed by atoms with Crippen LogP contribution in [0.3, 0.4) is 0 Å². The second-order valence-corrected chi connectivity index (χ2v) is 4.90. The predicted octanol–water partition coefficient (Wildman–Crippen LogP) is 0.519. The Morgan fingerprint density at radius 2 is 2.35 bits per heavy atom. The molecule has 0 bridgehead atoms. The third kappa shape index (κ3) is 2.85. The van der Waals surface area contributed by atoms with Crippen molar-refractivity contribution in [3.8, 4) is 0 Å². The van der Waals surface area contributed by atoms with Crippen molar-refractivity contribution in [1.29, 1.82) is 0 Å². The maximum absolute atomic E-state index is 12.1. The van der Waals surface area contributed by atoms with Crippen molar-refractivity contribution in [3.05, 3.63) is 18.0 Å². The van der Waals surface area contributed by atoms with Crippen LogP contribution < -0.4 is 5.32 Å². The first kappa shape index (κ1) is 12.1. The summed E-state index contributed by atoms with van der Waals surface area (Å²) < 4.78 is 1.76. The molecule has 1 amide bonds. The van der Waals surface area contributed by atoms with Gasteiger partial charge in [0.2, 0.25) is 5.91 Å². The molecule has 1 aromatic rings. The van der Waals surface area contributed by atoms with E-state index in [4.69, 9.17) is 0 Å². The zero-order valence-electron chi connectivity index (χ0n) is 10.7. The van der Waals surface area contributed by atoms with Crippen LogP contribution in [0.4, 0.5) is 0 Å². The number of nitrogens with one attached hydrogen (secondary N) is 1. The van der Waals surface area contributed by atoms with Gasteiger partial charge in [-0.3, -0.25) is 9.48 Å². The molecule has 0 saturated carbocycles. The van der Waals surface area contributed by atoms with E-state index in [-0.39, 0.29) is 11.9 Å². The number of aromatic nitrogens is 2. The monoisotopic (exact) mass is 236 g/mol. The average molecular weight is 236 g/mol. The summed E-state index contributed by atoms with van der Waals surface area (Å²) in [6.07, 6.45) is 2.80. The molecule has 1 aromatic heterocycles. The summed E-state index contributed by atoms with van der Waals surface area (Å²) in [5.74, 6) is 0.198. The largest absolute Gasteiger partial charge is 0.335 e. The lowest BCUT2D eigenvalue weighted by Crippen LogP contribution is -2.41. The summed E-state index contributed by atoms with van der Waals surface area (Å²) >= 11 is 0. The van der Waals surface area contributed by atoms with Crippen molar-refractivity contribution in [3.63, 3.8) is 0 Å². The van der Waals surface area contributed by atoms with Crippen LogP contribution in [0.5, 0.6) is 0 Å². The molecule has 1 aliphatic rings. The van der Waals surface area contributed by atoms with Crippen LogP contribution >= 0.6 is 0 Å². The topological polar surface area (TPSA) is 50.2 Å². The van der Waals surface area contributed by atoms with E-state index in [2.05, 4.69) is 24.3 Å². The van der Waals surface area contributed by atoms with Gasteiger partial charge in [-0.1, -0.05) is 13.8 Å². The highest BCUT2D eigenvalue weighted by molar-refractivity contribution is 5.83. The van der Waals surface area contributed by atoms with Gasteiger partial charge in [-0.15, -0.1) is 0 Å². The van der Waals surface area contributed by atoms with Gasteiger partial charge < -0.3 is 10.2 Å². The predicted molar refractivity (Wildman–Crippen MR) is 65.3 cm³/mol. The SMILES string of the molecule is CC(C)NC1CCN(Cc2ccn(C)n2)C1=O. The minimum Gasteiger partial charge on any atom is -0.335 e. The molecule has 1 fully saturated rings. The molecular weight excluding hydrogens is 216 g/mol. The lowest BCUT2D eigenvalue weighted by molar-refractivity contribution is -0.130. The number of nitrogens with zero attached hydrogens (tertiary/aromatic N) is 3. The highest BCUT2D eigenvalue weighted by Gasteiger charge is 2.31. The van der Waals surface area contributed by atoms with E-state index in [9.17, 15) is 4.79 Å². The summed E-state index contributed by atoms with van der Waals surface area (Å²) in [5, 5.41) is 7.59. The van der Waals surface area contributed by atoms with Crippen LogP contribution in [0.25, 0.3) is 0 Å². The van der Waals surface area contributed by atoms with Gasteiger partial charge in [0, 0.05) is 25.8 Å². The molecule has 1 atom stereocenters. The van der Waals surface area contributed by atoms with E-state index in [1.165, 1.54) is 0 Å². The third-order valence-electron chi connectivity index (χ3n) is 2.95. The smallest absolute Gasteiger partial charge is 0.240 e. The zero-order valence-corrected chi connectivity index (χ0v) is 10.7. The number of carbonyl (C=O) groups is 1. The average Bonchev–Trinajstić information content (AvgIpc) is 2.79. The first-order chi connectivity index (χ1) is 8.06. The number of carbonyl (C=O) groups excluding carboxylic acids is 1. The molecule has 5 nitrogen and oxygen atoms in total. The number of amides is 1. The van der Waals surface area contributed by atoms with Gasteiger partial charge in [-0.05, 0) is 12.5 Å². The van der Waals surface area contributed by atoms with Gasteiger partial charge in [0.15, 0.2) is 0 Å². The third-order valence-corrected chi connectivity index (χ3v) is 2.95. The van der Waals surface area contributed by atoms with Gasteiger partial charge in [-0.25, -0.2) is 0 Å². The highest BCUT2D eigenvalue weighted by atomic mass is 16.2. The molecule has 1 saturated heterocycles. The molecular formula is C12H20N4O. The van der Waals surface area contributed by atoms with Crippen LogP contribution in [-0.2, 0) is 18.4 Å². The fourth-order valence-electron chi connectivity index (χ4n) is 2.20. The molecule has 0 spiro atoms. The number of hydrogen-bond donors (Lipinski definition) is 1. The van der Waals surface area contributed by atoms with Gasteiger partial charge >= 0.3 is 0 Å². The Morgan fingerprint density at radius 1 is 1.59 bits per heavy atom. The Kier molecular flexibility index (Phi) is 3.47. The van der Waals surface area contributed by atoms with Gasteiger partial charge in [0.25, 0.3) is 0 Å². The number of aryl methyl sites for hydroxylation is 1. The van der Waals surface area contributed by atoms with Crippen LogP contribution in [-0.4, -0.2) is 39.2 Å². The molecule has 0 radical (unpaired) electrons. The van der Waals surface area contributed by atoms with Crippen molar-refractivity contribution < 1.29 is 4.79 Å². The van der Waals surface area contributed by atoms with E-state index in [0.717, 1.165) is 18.7 Å². The van der Waals surface area contributed by atoms with Crippen molar-refractivity contribution in [2.75, 3.05) is 6.54 Å². The standard InChI is InChI=1S/C12H20N4O/c1-9(2)13-11-5-7-16(12(11)17)8-10-4-6-15(3)14-10/h4,6,9,11,13H,5,7-8H2,1-3H3. The fourth-order valence-corrected chi connectivity index (χ4v) is 2.20. The first-order valence-electron chi connectivity index (χ1n) is 6.09. The normalized spacial score (nSPS) is 20.6. The molecule has 17 heavy (non-hydrogen) atoms. The fraction of sp³-hybridized carbons (Fsp3) is 0.667. The van der Waals surface area contributed by atoms with Gasteiger partial charge in [0.1, 0.15) is 0 Å². The number of rotatable bonds is 4. The quantitative estimate of drug-likeness (QED) is 0.829. The minimum absolute atomic E-state index is 0.0151. The summed E-state index contributed by atoms with van der Waals surface area (Å²) in [5.41, 5.74) is 0.950. The Bertz CT molecular complexity index is 399.